The molecule has 1 heterocycles. The number of esters is 1. The Morgan fingerprint density at radius 1 is 1.59 bits per heavy atom. The Morgan fingerprint density at radius 3 is 2.88 bits per heavy atom. The van der Waals surface area contributed by atoms with Crippen LogP contribution < -0.4 is 0 Å². The van der Waals surface area contributed by atoms with Crippen LogP contribution >= 0.6 is 0 Å². The Kier molecular flexibility index (Phi) is 5.15. The molecule has 0 amide bonds. The van der Waals surface area contributed by atoms with Gasteiger partial charge in [-0.2, -0.15) is 0 Å². The zero-order valence-corrected chi connectivity index (χ0v) is 11.0. The highest BCUT2D eigenvalue weighted by Crippen LogP contribution is 2.10. The molecule has 5 heteroatoms. The molecule has 5 nitrogen and oxygen atoms in total. The number of carbonyl (C=O) groups is 1. The van der Waals surface area contributed by atoms with Crippen LogP contribution in [0.25, 0.3) is 0 Å². The maximum atomic E-state index is 11.0. The van der Waals surface area contributed by atoms with Gasteiger partial charge < -0.3 is 9.30 Å². The van der Waals surface area contributed by atoms with Crippen molar-refractivity contribution in [3.8, 4) is 0 Å². The second-order valence-corrected chi connectivity index (χ2v) is 4.45. The maximum absolute atomic E-state index is 11.0. The minimum atomic E-state index is -0.172. The summed E-state index contributed by atoms with van der Waals surface area (Å²) in [5.74, 6) is -0.172. The Balaban J connectivity index is 2.47. The van der Waals surface area contributed by atoms with Crippen molar-refractivity contribution >= 4 is 5.97 Å². The molecule has 0 saturated heterocycles. The number of aromatic nitrogens is 2. The van der Waals surface area contributed by atoms with Crippen LogP contribution in [0.2, 0.25) is 0 Å². The average Bonchev–Trinajstić information content (AvgIpc) is 2.74. The van der Waals surface area contributed by atoms with Gasteiger partial charge in [-0.05, 0) is 20.9 Å². The molecule has 0 saturated carbocycles. The second kappa shape index (κ2) is 6.39. The van der Waals surface area contributed by atoms with Gasteiger partial charge in [0.15, 0.2) is 0 Å². The van der Waals surface area contributed by atoms with Crippen LogP contribution in [-0.2, 0) is 16.1 Å². The molecule has 0 bridgehead atoms. The molecule has 17 heavy (non-hydrogen) atoms. The molecular weight excluding hydrogens is 218 g/mol. The van der Waals surface area contributed by atoms with Crippen LogP contribution in [0.15, 0.2) is 12.5 Å². The van der Waals surface area contributed by atoms with Gasteiger partial charge >= 0.3 is 5.97 Å². The normalized spacial score (nSPS) is 11.2. The lowest BCUT2D eigenvalue weighted by atomic mass is 10.3. The number of methoxy groups -OCH3 is 1. The Morgan fingerprint density at radius 2 is 2.29 bits per heavy atom. The molecule has 0 aliphatic carbocycles. The third kappa shape index (κ3) is 4.19. The molecule has 0 unspecified atom stereocenters. The smallest absolute Gasteiger partial charge is 0.306 e. The van der Waals surface area contributed by atoms with Gasteiger partial charge in [0.2, 0.25) is 0 Å². The highest BCUT2D eigenvalue weighted by Gasteiger charge is 2.09. The largest absolute Gasteiger partial charge is 0.469 e. The van der Waals surface area contributed by atoms with Gasteiger partial charge in [-0.15, -0.1) is 0 Å². The first-order chi connectivity index (χ1) is 8.04. The van der Waals surface area contributed by atoms with E-state index in [1.807, 2.05) is 19.6 Å². The lowest BCUT2D eigenvalue weighted by molar-refractivity contribution is -0.140. The standard InChI is InChI=1S/C12H21N3O2/c1-10(2)15-9-13-7-11(15)8-14(3)6-5-12(16)17-4/h7,9-10H,5-6,8H2,1-4H3. The molecule has 0 aromatic carbocycles. The first-order valence-corrected chi connectivity index (χ1v) is 5.80. The van der Waals surface area contributed by atoms with Gasteiger partial charge in [0.05, 0.1) is 25.6 Å². The summed E-state index contributed by atoms with van der Waals surface area (Å²) in [6.45, 7) is 5.73. The molecule has 0 fully saturated rings. The predicted octanol–water partition coefficient (Wildman–Crippen LogP) is 1.46. The van der Waals surface area contributed by atoms with E-state index < -0.39 is 0 Å². The molecular formula is C12H21N3O2. The van der Waals surface area contributed by atoms with E-state index in [9.17, 15) is 4.79 Å². The first kappa shape index (κ1) is 13.7. The van der Waals surface area contributed by atoms with Gasteiger partial charge in [-0.25, -0.2) is 4.98 Å². The number of nitrogens with zero attached hydrogens (tertiary/aromatic N) is 3. The molecule has 0 radical (unpaired) electrons. The van der Waals surface area contributed by atoms with Crippen molar-refractivity contribution in [1.29, 1.82) is 0 Å². The summed E-state index contributed by atoms with van der Waals surface area (Å²) < 4.78 is 6.75. The van der Waals surface area contributed by atoms with Crippen molar-refractivity contribution in [2.75, 3.05) is 20.7 Å². The van der Waals surface area contributed by atoms with Crippen LogP contribution in [-0.4, -0.2) is 41.1 Å². The molecule has 0 aliphatic heterocycles. The number of carbonyl (C=O) groups excluding carboxylic acids is 1. The zero-order valence-electron chi connectivity index (χ0n) is 11.0. The summed E-state index contributed by atoms with van der Waals surface area (Å²) in [7, 11) is 3.40. The summed E-state index contributed by atoms with van der Waals surface area (Å²) in [4.78, 5) is 17.3. The highest BCUT2D eigenvalue weighted by atomic mass is 16.5. The number of rotatable bonds is 6. The zero-order chi connectivity index (χ0) is 12.8. The van der Waals surface area contributed by atoms with E-state index in [4.69, 9.17) is 0 Å². The number of imidazole rings is 1. The van der Waals surface area contributed by atoms with Gasteiger partial charge in [-0.3, -0.25) is 9.69 Å². The number of ether oxygens (including phenoxy) is 1. The van der Waals surface area contributed by atoms with E-state index in [-0.39, 0.29) is 5.97 Å². The Hall–Kier alpha value is -1.36. The van der Waals surface area contributed by atoms with E-state index in [0.717, 1.165) is 12.2 Å². The summed E-state index contributed by atoms with van der Waals surface area (Å²) >= 11 is 0. The van der Waals surface area contributed by atoms with E-state index in [1.54, 1.807) is 0 Å². The summed E-state index contributed by atoms with van der Waals surface area (Å²) in [6, 6.07) is 0.404. The molecule has 0 aliphatic rings. The van der Waals surface area contributed by atoms with E-state index in [0.29, 0.717) is 19.0 Å². The summed E-state index contributed by atoms with van der Waals surface area (Å²) in [5.41, 5.74) is 1.16. The molecule has 0 atom stereocenters. The number of hydrogen-bond donors (Lipinski definition) is 0. The first-order valence-electron chi connectivity index (χ1n) is 5.80. The quantitative estimate of drug-likeness (QED) is 0.705. The third-order valence-corrected chi connectivity index (χ3v) is 2.66. The topological polar surface area (TPSA) is 47.4 Å². The van der Waals surface area contributed by atoms with E-state index in [2.05, 4.69) is 33.0 Å². The van der Waals surface area contributed by atoms with Crippen LogP contribution in [0.3, 0.4) is 0 Å². The second-order valence-electron chi connectivity index (χ2n) is 4.45. The van der Waals surface area contributed by atoms with Crippen molar-refractivity contribution in [2.45, 2.75) is 32.9 Å². The minimum Gasteiger partial charge on any atom is -0.469 e. The Bertz CT molecular complexity index is 360. The van der Waals surface area contributed by atoms with Gasteiger partial charge in [0.1, 0.15) is 0 Å². The summed E-state index contributed by atoms with van der Waals surface area (Å²) in [5, 5.41) is 0. The monoisotopic (exact) mass is 239 g/mol. The number of hydrogen-bond acceptors (Lipinski definition) is 4. The van der Waals surface area contributed by atoms with Crippen LogP contribution in [0.5, 0.6) is 0 Å². The fourth-order valence-corrected chi connectivity index (χ4v) is 1.66. The van der Waals surface area contributed by atoms with Crippen LogP contribution in [0.4, 0.5) is 0 Å². The molecule has 96 valence electrons. The van der Waals surface area contributed by atoms with Crippen molar-refractivity contribution in [3.63, 3.8) is 0 Å². The van der Waals surface area contributed by atoms with Gasteiger partial charge in [-0.1, -0.05) is 0 Å². The lowest BCUT2D eigenvalue weighted by Crippen LogP contribution is -2.23. The van der Waals surface area contributed by atoms with Crippen molar-refractivity contribution in [2.24, 2.45) is 0 Å². The van der Waals surface area contributed by atoms with E-state index in [1.165, 1.54) is 7.11 Å². The SMILES string of the molecule is COC(=O)CCN(C)Cc1cncn1C(C)C. The van der Waals surface area contributed by atoms with Crippen molar-refractivity contribution in [1.82, 2.24) is 14.5 Å². The van der Waals surface area contributed by atoms with Gasteiger partial charge in [0, 0.05) is 25.3 Å². The van der Waals surface area contributed by atoms with Crippen molar-refractivity contribution in [3.05, 3.63) is 18.2 Å². The molecule has 1 aromatic rings. The fourth-order valence-electron chi connectivity index (χ4n) is 1.66. The lowest BCUT2D eigenvalue weighted by Gasteiger charge is -2.18. The maximum Gasteiger partial charge on any atom is 0.306 e. The molecule has 1 aromatic heterocycles. The van der Waals surface area contributed by atoms with Crippen LogP contribution in [0, 0.1) is 0 Å². The van der Waals surface area contributed by atoms with E-state index >= 15 is 0 Å². The molecule has 1 rings (SSSR count). The highest BCUT2D eigenvalue weighted by molar-refractivity contribution is 5.69. The minimum absolute atomic E-state index is 0.172. The third-order valence-electron chi connectivity index (χ3n) is 2.66. The fraction of sp³-hybridized carbons (Fsp3) is 0.667. The Labute approximate surface area is 102 Å². The van der Waals surface area contributed by atoms with Crippen LogP contribution in [0.1, 0.15) is 32.0 Å². The average molecular weight is 239 g/mol. The van der Waals surface area contributed by atoms with Gasteiger partial charge in [0.25, 0.3) is 0 Å². The molecule has 0 N–H and O–H groups in total. The molecule has 0 spiro atoms. The predicted molar refractivity (Wildman–Crippen MR) is 65.6 cm³/mol. The van der Waals surface area contributed by atoms with Crippen molar-refractivity contribution < 1.29 is 9.53 Å². The summed E-state index contributed by atoms with van der Waals surface area (Å²) in [6.07, 6.45) is 4.13.